The molecule has 5 heteroatoms. The molecule has 0 bridgehead atoms. The SMILES string of the molecule is CCCC(CCN)CCC(=O)Nc1ncc(Br)cc1C. The predicted molar refractivity (Wildman–Crippen MR) is 86.6 cm³/mol. The first kappa shape index (κ1) is 17.1. The molecule has 3 N–H and O–H groups in total. The smallest absolute Gasteiger partial charge is 0.225 e. The van der Waals surface area contributed by atoms with Crippen LogP contribution in [0.15, 0.2) is 16.7 Å². The van der Waals surface area contributed by atoms with Crippen molar-refractivity contribution in [3.05, 3.63) is 22.3 Å². The number of rotatable bonds is 8. The average Bonchev–Trinajstić information content (AvgIpc) is 2.40. The average molecular weight is 342 g/mol. The Kier molecular flexibility index (Phi) is 7.77. The number of pyridine rings is 1. The van der Waals surface area contributed by atoms with Crippen molar-refractivity contribution in [2.45, 2.75) is 46.0 Å². The molecule has 1 aromatic heterocycles. The van der Waals surface area contributed by atoms with Crippen molar-refractivity contribution in [1.82, 2.24) is 4.98 Å². The Labute approximate surface area is 129 Å². The van der Waals surface area contributed by atoms with Crippen LogP contribution in [0.1, 0.15) is 44.6 Å². The zero-order chi connectivity index (χ0) is 15.0. The number of anilines is 1. The quantitative estimate of drug-likeness (QED) is 0.758. The first-order valence-corrected chi connectivity index (χ1v) is 7.98. The number of amides is 1. The van der Waals surface area contributed by atoms with E-state index in [1.807, 2.05) is 13.0 Å². The van der Waals surface area contributed by atoms with E-state index in [9.17, 15) is 4.79 Å². The van der Waals surface area contributed by atoms with Crippen molar-refractivity contribution in [2.24, 2.45) is 11.7 Å². The van der Waals surface area contributed by atoms with E-state index in [-0.39, 0.29) is 5.91 Å². The van der Waals surface area contributed by atoms with Crippen LogP contribution in [0.2, 0.25) is 0 Å². The van der Waals surface area contributed by atoms with Crippen molar-refractivity contribution < 1.29 is 4.79 Å². The lowest BCUT2D eigenvalue weighted by molar-refractivity contribution is -0.116. The first-order chi connectivity index (χ1) is 9.56. The first-order valence-electron chi connectivity index (χ1n) is 7.18. The highest BCUT2D eigenvalue weighted by molar-refractivity contribution is 9.10. The summed E-state index contributed by atoms with van der Waals surface area (Å²) in [5, 5.41) is 2.87. The summed E-state index contributed by atoms with van der Waals surface area (Å²) in [5.74, 6) is 1.22. The lowest BCUT2D eigenvalue weighted by Crippen LogP contribution is -2.16. The van der Waals surface area contributed by atoms with Crippen LogP contribution in [0, 0.1) is 12.8 Å². The lowest BCUT2D eigenvalue weighted by Gasteiger charge is -2.14. The number of carbonyl (C=O) groups is 1. The van der Waals surface area contributed by atoms with E-state index in [1.54, 1.807) is 6.20 Å². The van der Waals surface area contributed by atoms with Gasteiger partial charge in [0.1, 0.15) is 5.82 Å². The van der Waals surface area contributed by atoms with E-state index in [4.69, 9.17) is 5.73 Å². The number of halogens is 1. The molecule has 0 saturated heterocycles. The standard InChI is InChI=1S/C15H24BrN3O/c1-3-4-12(7-8-17)5-6-14(20)19-15-11(2)9-13(16)10-18-15/h9-10,12H,3-8,17H2,1-2H3,(H,18,19,20). The number of aryl methyl sites for hydroxylation is 1. The van der Waals surface area contributed by atoms with Crippen LogP contribution in [0.5, 0.6) is 0 Å². The summed E-state index contributed by atoms with van der Waals surface area (Å²) in [6.45, 7) is 4.79. The molecule has 1 heterocycles. The van der Waals surface area contributed by atoms with Crippen molar-refractivity contribution in [1.29, 1.82) is 0 Å². The van der Waals surface area contributed by atoms with E-state index in [1.165, 1.54) is 0 Å². The van der Waals surface area contributed by atoms with Gasteiger partial charge in [-0.25, -0.2) is 4.98 Å². The van der Waals surface area contributed by atoms with Crippen LogP contribution in [-0.2, 0) is 4.79 Å². The molecule has 0 aliphatic carbocycles. The van der Waals surface area contributed by atoms with Crippen LogP contribution >= 0.6 is 15.9 Å². The topological polar surface area (TPSA) is 68.0 Å². The number of hydrogen-bond acceptors (Lipinski definition) is 3. The Morgan fingerprint density at radius 1 is 1.45 bits per heavy atom. The maximum absolute atomic E-state index is 12.0. The van der Waals surface area contributed by atoms with Gasteiger partial charge in [0.05, 0.1) is 0 Å². The number of carbonyl (C=O) groups excluding carboxylic acids is 1. The van der Waals surface area contributed by atoms with Gasteiger partial charge in [-0.2, -0.15) is 0 Å². The number of nitrogens with two attached hydrogens (primary N) is 1. The fraction of sp³-hybridized carbons (Fsp3) is 0.600. The Morgan fingerprint density at radius 3 is 2.80 bits per heavy atom. The maximum Gasteiger partial charge on any atom is 0.225 e. The van der Waals surface area contributed by atoms with Gasteiger partial charge in [-0.15, -0.1) is 0 Å². The van der Waals surface area contributed by atoms with Crippen LogP contribution in [-0.4, -0.2) is 17.4 Å². The fourth-order valence-corrected chi connectivity index (χ4v) is 2.72. The molecular weight excluding hydrogens is 318 g/mol. The van der Waals surface area contributed by atoms with Crippen molar-refractivity contribution >= 4 is 27.7 Å². The highest BCUT2D eigenvalue weighted by atomic mass is 79.9. The minimum Gasteiger partial charge on any atom is -0.330 e. The second-order valence-corrected chi connectivity index (χ2v) is 6.05. The second-order valence-electron chi connectivity index (χ2n) is 5.14. The van der Waals surface area contributed by atoms with Crippen molar-refractivity contribution in [3.63, 3.8) is 0 Å². The van der Waals surface area contributed by atoms with Gasteiger partial charge >= 0.3 is 0 Å². The normalized spacial score (nSPS) is 12.2. The van der Waals surface area contributed by atoms with Gasteiger partial charge in [-0.3, -0.25) is 4.79 Å². The second kappa shape index (κ2) is 9.08. The molecule has 0 spiro atoms. The Balaban J connectivity index is 2.46. The van der Waals surface area contributed by atoms with Crippen LogP contribution in [0.25, 0.3) is 0 Å². The van der Waals surface area contributed by atoms with Crippen LogP contribution in [0.4, 0.5) is 5.82 Å². The third-order valence-electron chi connectivity index (χ3n) is 3.35. The molecule has 0 radical (unpaired) electrons. The van der Waals surface area contributed by atoms with Gasteiger partial charge in [-0.1, -0.05) is 19.8 Å². The molecule has 0 aromatic carbocycles. The monoisotopic (exact) mass is 341 g/mol. The molecule has 0 aliphatic rings. The third kappa shape index (κ3) is 6.01. The summed E-state index contributed by atoms with van der Waals surface area (Å²) >= 11 is 3.36. The summed E-state index contributed by atoms with van der Waals surface area (Å²) < 4.78 is 0.916. The molecule has 4 nitrogen and oxygen atoms in total. The largest absolute Gasteiger partial charge is 0.330 e. The zero-order valence-corrected chi connectivity index (χ0v) is 13.9. The molecule has 1 atom stereocenters. The van der Waals surface area contributed by atoms with E-state index < -0.39 is 0 Å². The number of aromatic nitrogens is 1. The number of nitrogens with zero attached hydrogens (tertiary/aromatic N) is 1. The van der Waals surface area contributed by atoms with Gasteiger partial charge in [0.15, 0.2) is 0 Å². The van der Waals surface area contributed by atoms with Gasteiger partial charge in [0.25, 0.3) is 0 Å². The molecule has 1 rings (SSSR count). The van der Waals surface area contributed by atoms with Gasteiger partial charge in [0.2, 0.25) is 5.91 Å². The van der Waals surface area contributed by atoms with Crippen LogP contribution in [0.3, 0.4) is 0 Å². The molecule has 112 valence electrons. The van der Waals surface area contributed by atoms with Gasteiger partial charge in [0, 0.05) is 17.1 Å². The Morgan fingerprint density at radius 2 is 2.20 bits per heavy atom. The molecule has 1 amide bonds. The summed E-state index contributed by atoms with van der Waals surface area (Å²) in [4.78, 5) is 16.2. The van der Waals surface area contributed by atoms with Gasteiger partial charge < -0.3 is 11.1 Å². The predicted octanol–water partition coefficient (Wildman–Crippen LogP) is 3.64. The van der Waals surface area contributed by atoms with E-state index in [0.717, 1.165) is 35.7 Å². The molecule has 1 aromatic rings. The fourth-order valence-electron chi connectivity index (χ4n) is 2.28. The Bertz CT molecular complexity index is 431. The Hall–Kier alpha value is -0.940. The van der Waals surface area contributed by atoms with Crippen molar-refractivity contribution in [2.75, 3.05) is 11.9 Å². The number of nitrogens with one attached hydrogen (secondary N) is 1. The molecule has 0 fully saturated rings. The van der Waals surface area contributed by atoms with Crippen LogP contribution < -0.4 is 11.1 Å². The summed E-state index contributed by atoms with van der Waals surface area (Å²) in [7, 11) is 0. The molecule has 0 aliphatic heterocycles. The minimum absolute atomic E-state index is 0.0287. The number of hydrogen-bond donors (Lipinski definition) is 2. The summed E-state index contributed by atoms with van der Waals surface area (Å²) in [5.41, 5.74) is 6.57. The molecule has 1 unspecified atom stereocenters. The zero-order valence-electron chi connectivity index (χ0n) is 12.3. The summed E-state index contributed by atoms with van der Waals surface area (Å²) in [6, 6.07) is 1.94. The lowest BCUT2D eigenvalue weighted by atomic mass is 9.94. The van der Waals surface area contributed by atoms with E-state index in [0.29, 0.717) is 24.7 Å². The molecule has 0 saturated carbocycles. The maximum atomic E-state index is 12.0. The van der Waals surface area contributed by atoms with E-state index >= 15 is 0 Å². The summed E-state index contributed by atoms with van der Waals surface area (Å²) in [6.07, 6.45) is 6.39. The van der Waals surface area contributed by atoms with Gasteiger partial charge in [-0.05, 0) is 59.8 Å². The molecular formula is C15H24BrN3O. The van der Waals surface area contributed by atoms with E-state index in [2.05, 4.69) is 33.2 Å². The highest BCUT2D eigenvalue weighted by Gasteiger charge is 2.11. The molecule has 20 heavy (non-hydrogen) atoms. The third-order valence-corrected chi connectivity index (χ3v) is 3.79. The minimum atomic E-state index is 0.0287. The van der Waals surface area contributed by atoms with Crippen molar-refractivity contribution in [3.8, 4) is 0 Å². The highest BCUT2D eigenvalue weighted by Crippen LogP contribution is 2.19.